The highest BCUT2D eigenvalue weighted by molar-refractivity contribution is 5.95. The van der Waals surface area contributed by atoms with Crippen LogP contribution in [0.1, 0.15) is 0 Å². The van der Waals surface area contributed by atoms with Crippen molar-refractivity contribution in [3.63, 3.8) is 0 Å². The lowest BCUT2D eigenvalue weighted by atomic mass is 10.2. The first-order chi connectivity index (χ1) is 13.8. The molecule has 5 aromatic rings. The number of rotatable bonds is 1. The van der Waals surface area contributed by atoms with Gasteiger partial charge in [0.1, 0.15) is 12.0 Å². The van der Waals surface area contributed by atoms with Crippen LogP contribution in [-0.2, 0) is 0 Å². The van der Waals surface area contributed by atoms with Crippen LogP contribution in [0.15, 0.2) is 90.2 Å². The second-order valence-electron chi connectivity index (χ2n) is 6.32. The second kappa shape index (κ2) is 6.59. The van der Waals surface area contributed by atoms with E-state index in [1.54, 1.807) is 6.33 Å². The van der Waals surface area contributed by atoms with Crippen molar-refractivity contribution in [2.45, 2.75) is 0 Å². The van der Waals surface area contributed by atoms with Gasteiger partial charge in [0.05, 0.1) is 11.0 Å². The van der Waals surface area contributed by atoms with Gasteiger partial charge in [0.2, 0.25) is 0 Å². The van der Waals surface area contributed by atoms with E-state index in [-0.39, 0.29) is 0 Å². The van der Waals surface area contributed by atoms with Crippen LogP contribution in [0, 0.1) is 0 Å². The Hall–Kier alpha value is -4.06. The van der Waals surface area contributed by atoms with Gasteiger partial charge in [0, 0.05) is 16.5 Å². The number of carbonyl (C=O) groups excluding carboxylic acids is 1. The van der Waals surface area contributed by atoms with E-state index in [0.717, 1.165) is 21.8 Å². The predicted octanol–water partition coefficient (Wildman–Crippen LogP) is 4.17. The van der Waals surface area contributed by atoms with Crippen molar-refractivity contribution in [3.8, 4) is 0 Å². The number of hydrogen-bond acceptors (Lipinski definition) is 3. The van der Waals surface area contributed by atoms with Crippen LogP contribution in [0.25, 0.3) is 27.5 Å². The van der Waals surface area contributed by atoms with Gasteiger partial charge in [-0.25, -0.2) is 14.8 Å². The number of nitrogens with zero attached hydrogens (tertiary/aromatic N) is 4. The number of hydrogen-bond donors (Lipinski definition) is 1. The number of amides is 2. The van der Waals surface area contributed by atoms with Crippen molar-refractivity contribution in [1.82, 2.24) is 14.4 Å². The Morgan fingerprint density at radius 1 is 0.857 bits per heavy atom. The van der Waals surface area contributed by atoms with E-state index in [1.165, 1.54) is 0 Å². The molecule has 0 unspecified atom stereocenters. The summed E-state index contributed by atoms with van der Waals surface area (Å²) in [4.78, 5) is 26.0. The topological polar surface area (TPSA) is 71.7 Å². The number of fused-ring (bicyclic) bond motifs is 5. The molecule has 3 aromatic carbocycles. The van der Waals surface area contributed by atoms with Gasteiger partial charge in [-0.05, 0) is 36.4 Å². The Kier molecular flexibility index (Phi) is 3.80. The Morgan fingerprint density at radius 2 is 1.57 bits per heavy atom. The molecule has 28 heavy (non-hydrogen) atoms. The van der Waals surface area contributed by atoms with Crippen LogP contribution in [0.4, 0.5) is 10.5 Å². The quantitative estimate of drug-likeness (QED) is 0.453. The Bertz CT molecular complexity index is 1410. The molecule has 0 radical (unpaired) electrons. The number of para-hydroxylation sites is 3. The molecule has 6 heteroatoms. The second-order valence-corrected chi connectivity index (χ2v) is 6.32. The molecule has 0 aliphatic heterocycles. The van der Waals surface area contributed by atoms with Gasteiger partial charge in [-0.2, -0.15) is 4.99 Å². The van der Waals surface area contributed by atoms with Crippen LogP contribution in [0.3, 0.4) is 0 Å². The predicted molar refractivity (Wildman–Crippen MR) is 109 cm³/mol. The zero-order valence-corrected chi connectivity index (χ0v) is 14.8. The molecule has 2 aromatic heterocycles. The molecule has 0 aliphatic carbocycles. The summed E-state index contributed by atoms with van der Waals surface area (Å²) >= 11 is 0. The van der Waals surface area contributed by atoms with Crippen molar-refractivity contribution < 1.29 is 4.79 Å². The molecule has 0 saturated heterocycles. The molecule has 0 spiro atoms. The largest absolute Gasteiger partial charge is 0.347 e. The summed E-state index contributed by atoms with van der Waals surface area (Å²) in [5.74, 6) is 0. The van der Waals surface area contributed by atoms with E-state index in [4.69, 9.17) is 4.98 Å². The number of carbonyl (C=O) groups is 1. The zero-order chi connectivity index (χ0) is 18.9. The van der Waals surface area contributed by atoms with Gasteiger partial charge in [-0.15, -0.1) is 0 Å². The van der Waals surface area contributed by atoms with Crippen LogP contribution in [0.2, 0.25) is 0 Å². The molecule has 0 saturated carbocycles. The van der Waals surface area contributed by atoms with Gasteiger partial charge in [0.15, 0.2) is 5.49 Å². The van der Waals surface area contributed by atoms with Gasteiger partial charge < -0.3 is 5.32 Å². The monoisotopic (exact) mass is 365 g/mol. The molecule has 2 amide bonds. The lowest BCUT2D eigenvalue weighted by molar-refractivity contribution is 0.259. The number of aromatic nitrogens is 3. The van der Waals surface area contributed by atoms with E-state index in [1.807, 2.05) is 83.3 Å². The molecular formula is C22H15N5O. The van der Waals surface area contributed by atoms with E-state index >= 15 is 0 Å². The summed E-state index contributed by atoms with van der Waals surface area (Å²) in [6.07, 6.45) is 1.75. The third-order valence-corrected chi connectivity index (χ3v) is 4.53. The minimum absolute atomic E-state index is 0.375. The highest BCUT2D eigenvalue weighted by Crippen LogP contribution is 2.18. The van der Waals surface area contributed by atoms with Crippen molar-refractivity contribution in [1.29, 1.82) is 0 Å². The number of urea groups is 1. The zero-order valence-electron chi connectivity index (χ0n) is 14.8. The van der Waals surface area contributed by atoms with Gasteiger partial charge in [-0.3, -0.25) is 4.40 Å². The SMILES string of the molecule is O=C(/N=c1/nc2c3ccccc3ncn2c2ccccc12)Nc1ccccc1. The number of nitrogens with one attached hydrogen (secondary N) is 1. The standard InChI is InChI=1S/C22H15N5O/c28-22(24-15-8-2-1-3-9-15)26-20-17-11-5-7-13-19(17)27-14-23-18-12-6-4-10-16(18)21(27)25-20/h1-14H,(H,24,28)/b26-20+. The smallest absolute Gasteiger partial charge is 0.306 e. The van der Waals surface area contributed by atoms with Crippen molar-refractivity contribution >= 4 is 39.2 Å². The summed E-state index contributed by atoms with van der Waals surface area (Å²) in [6, 6.07) is 24.3. The van der Waals surface area contributed by atoms with Crippen molar-refractivity contribution in [3.05, 3.63) is 90.7 Å². The van der Waals surface area contributed by atoms with Crippen molar-refractivity contribution in [2.24, 2.45) is 4.99 Å². The van der Waals surface area contributed by atoms with E-state index < -0.39 is 6.03 Å². The maximum Gasteiger partial charge on any atom is 0.347 e. The van der Waals surface area contributed by atoms with E-state index in [9.17, 15) is 4.79 Å². The Labute approximate surface area is 159 Å². The van der Waals surface area contributed by atoms with E-state index in [0.29, 0.717) is 16.8 Å². The molecule has 134 valence electrons. The molecule has 0 aliphatic rings. The van der Waals surface area contributed by atoms with Crippen LogP contribution in [0.5, 0.6) is 0 Å². The fourth-order valence-corrected chi connectivity index (χ4v) is 3.26. The highest BCUT2D eigenvalue weighted by atomic mass is 16.2. The average molecular weight is 365 g/mol. The fourth-order valence-electron chi connectivity index (χ4n) is 3.26. The molecule has 0 atom stereocenters. The molecule has 2 heterocycles. The maximum absolute atomic E-state index is 12.5. The third-order valence-electron chi connectivity index (χ3n) is 4.53. The molecule has 0 bridgehead atoms. The van der Waals surface area contributed by atoms with Crippen LogP contribution >= 0.6 is 0 Å². The molecule has 6 nitrogen and oxygen atoms in total. The summed E-state index contributed by atoms with van der Waals surface area (Å²) in [7, 11) is 0. The lowest BCUT2D eigenvalue weighted by Gasteiger charge is -2.08. The minimum atomic E-state index is -0.466. The third kappa shape index (κ3) is 2.77. The molecule has 1 N–H and O–H groups in total. The first-order valence-corrected chi connectivity index (χ1v) is 8.85. The Morgan fingerprint density at radius 3 is 2.43 bits per heavy atom. The first-order valence-electron chi connectivity index (χ1n) is 8.85. The number of anilines is 1. The van der Waals surface area contributed by atoms with E-state index in [2.05, 4.69) is 15.3 Å². The number of benzene rings is 3. The lowest BCUT2D eigenvalue weighted by Crippen LogP contribution is -2.18. The molecule has 0 fully saturated rings. The van der Waals surface area contributed by atoms with Crippen molar-refractivity contribution in [2.75, 3.05) is 5.32 Å². The van der Waals surface area contributed by atoms with Crippen LogP contribution < -0.4 is 10.8 Å². The minimum Gasteiger partial charge on any atom is -0.306 e. The molecule has 5 rings (SSSR count). The first kappa shape index (κ1) is 16.1. The maximum atomic E-state index is 12.5. The summed E-state index contributed by atoms with van der Waals surface area (Å²) < 4.78 is 1.92. The summed E-state index contributed by atoms with van der Waals surface area (Å²) in [6.45, 7) is 0. The average Bonchev–Trinajstić information content (AvgIpc) is 2.74. The van der Waals surface area contributed by atoms with Gasteiger partial charge in [-0.1, -0.05) is 42.5 Å². The van der Waals surface area contributed by atoms with Gasteiger partial charge in [0.25, 0.3) is 0 Å². The van der Waals surface area contributed by atoms with Crippen LogP contribution in [-0.4, -0.2) is 20.4 Å². The van der Waals surface area contributed by atoms with Gasteiger partial charge >= 0.3 is 6.03 Å². The normalized spacial score (nSPS) is 11.9. The fraction of sp³-hybridized carbons (Fsp3) is 0. The summed E-state index contributed by atoms with van der Waals surface area (Å²) in [5, 5.41) is 4.45. The molecular weight excluding hydrogens is 350 g/mol. The Balaban J connectivity index is 1.77. The highest BCUT2D eigenvalue weighted by Gasteiger charge is 2.09. The summed E-state index contributed by atoms with van der Waals surface area (Å²) in [5.41, 5.74) is 3.49.